The molecule has 284 valence electrons. The fourth-order valence-electron chi connectivity index (χ4n) is 3.25. The van der Waals surface area contributed by atoms with E-state index in [1.807, 2.05) is 71.7 Å². The van der Waals surface area contributed by atoms with E-state index in [1.54, 1.807) is 54.2 Å². The zero-order valence-electron chi connectivity index (χ0n) is 32.0. The summed E-state index contributed by atoms with van der Waals surface area (Å²) in [5.74, 6) is 1.59. The number of thiophene rings is 1. The van der Waals surface area contributed by atoms with Gasteiger partial charge in [0.25, 0.3) is 5.56 Å². The second-order valence-corrected chi connectivity index (χ2v) is 12.2. The Balaban J connectivity index is 0.000000304. The Morgan fingerprint density at radius 2 is 1.57 bits per heavy atom. The molecule has 0 unspecified atom stereocenters. The Morgan fingerprint density at radius 1 is 0.830 bits per heavy atom. The molecule has 0 saturated carbocycles. The second-order valence-electron chi connectivity index (χ2n) is 11.1. The molecule has 0 aliphatic carbocycles. The van der Waals surface area contributed by atoms with Crippen molar-refractivity contribution >= 4 is 34.3 Å². The molecule has 8 heterocycles. The zero-order valence-corrected chi connectivity index (χ0v) is 32.8. The molecule has 0 bridgehead atoms. The van der Waals surface area contributed by atoms with Gasteiger partial charge in [-0.1, -0.05) is 11.3 Å². The first kappa shape index (κ1) is 44.8. The van der Waals surface area contributed by atoms with Crippen molar-refractivity contribution in [3.8, 4) is 0 Å². The summed E-state index contributed by atoms with van der Waals surface area (Å²) in [5.41, 5.74) is 3.80. The van der Waals surface area contributed by atoms with Crippen molar-refractivity contribution in [1.82, 2.24) is 59.5 Å². The van der Waals surface area contributed by atoms with Gasteiger partial charge in [-0.15, -0.1) is 21.5 Å². The molecule has 0 radical (unpaired) electrons. The third kappa shape index (κ3) is 23.7. The van der Waals surface area contributed by atoms with Gasteiger partial charge >= 0.3 is 5.69 Å². The molecule has 0 saturated heterocycles. The first-order valence-corrected chi connectivity index (χ1v) is 17.0. The number of aliphatic imine (C=N–C) groups is 2. The normalized spacial score (nSPS) is 11.7. The van der Waals surface area contributed by atoms with Crippen molar-refractivity contribution in [1.29, 1.82) is 0 Å². The molecule has 2 aliphatic heterocycles. The summed E-state index contributed by atoms with van der Waals surface area (Å²) in [6.45, 7) is 14.5. The average Bonchev–Trinajstić information content (AvgIpc) is 3.96. The molecule has 6 aromatic rings. The summed E-state index contributed by atoms with van der Waals surface area (Å²) < 4.78 is 4.64. The van der Waals surface area contributed by atoms with Gasteiger partial charge in [0, 0.05) is 98.5 Å². The lowest BCUT2D eigenvalue weighted by Crippen LogP contribution is -2.30. The standard InChI is InChI=1S/C5H6N2O2.2C5H8N2.C5H6S.3C4H6N2.C2H4N4/c1-7-4(8)2-3-6-5(7)9;1-4-3-6-5(2)7-4;1-4-3-5(2)7-6-4;1-5-3-2-4-6-5;1-4-2-5-3-6-4;1-6-3-2-5-4-6;1-6-4-2-3-5-6;1-2-3-5-6-4-2/h2-3H,1H3,(H,6,9);2*3H2,1-2H3;2-4H,1H3;2-3H,1H3,(H,5,6);2*2-4H,1H3;1H3,(H,3,4,5,6). The van der Waals surface area contributed by atoms with Crippen LogP contribution in [0.3, 0.4) is 0 Å². The number of rotatable bonds is 0. The lowest BCUT2D eigenvalue weighted by Gasteiger charge is -1.88. The molecule has 0 aromatic carbocycles. The van der Waals surface area contributed by atoms with Crippen molar-refractivity contribution in [2.45, 2.75) is 54.9 Å². The Morgan fingerprint density at radius 3 is 1.77 bits per heavy atom. The van der Waals surface area contributed by atoms with Gasteiger partial charge in [-0.2, -0.15) is 20.5 Å². The van der Waals surface area contributed by atoms with Crippen LogP contribution in [0.15, 0.2) is 109 Å². The second kappa shape index (κ2) is 26.6. The van der Waals surface area contributed by atoms with Crippen molar-refractivity contribution in [2.75, 3.05) is 6.54 Å². The maximum atomic E-state index is 10.6. The quantitative estimate of drug-likeness (QED) is 0.203. The number of aromatic nitrogens is 12. The maximum absolute atomic E-state index is 10.6. The summed E-state index contributed by atoms with van der Waals surface area (Å²) in [6.07, 6.45) is 14.8. The molecule has 8 rings (SSSR count). The average molecular weight is 747 g/mol. The summed E-state index contributed by atoms with van der Waals surface area (Å²) in [5, 5.41) is 26.3. The lowest BCUT2D eigenvalue weighted by molar-refractivity contribution is 0.768. The van der Waals surface area contributed by atoms with Crippen LogP contribution in [0.1, 0.15) is 50.5 Å². The van der Waals surface area contributed by atoms with Crippen LogP contribution in [0.25, 0.3) is 0 Å². The number of amidine groups is 1. The van der Waals surface area contributed by atoms with Gasteiger partial charge in [-0.05, 0) is 66.0 Å². The molecule has 18 nitrogen and oxygen atoms in total. The third-order valence-electron chi connectivity index (χ3n) is 5.88. The molecule has 19 heteroatoms. The minimum atomic E-state index is -0.387. The number of nitrogens with one attached hydrogen (secondary N) is 3. The first-order valence-electron chi connectivity index (χ1n) is 16.1. The molecule has 2 aliphatic rings. The highest BCUT2D eigenvalue weighted by atomic mass is 32.1. The van der Waals surface area contributed by atoms with Crippen LogP contribution in [0.2, 0.25) is 0 Å². The Hall–Kier alpha value is -6.24. The largest absolute Gasteiger partial charge is 0.349 e. The van der Waals surface area contributed by atoms with E-state index in [4.69, 9.17) is 0 Å². The molecular formula is C34H50N16O2S. The van der Waals surface area contributed by atoms with Gasteiger partial charge in [-0.3, -0.25) is 19.0 Å². The van der Waals surface area contributed by atoms with E-state index in [1.165, 1.54) is 24.2 Å². The first-order chi connectivity index (χ1) is 25.3. The van der Waals surface area contributed by atoms with Crippen molar-refractivity contribution in [3.05, 3.63) is 117 Å². The Bertz CT molecular complexity index is 1770. The van der Waals surface area contributed by atoms with E-state index >= 15 is 0 Å². The maximum Gasteiger partial charge on any atom is 0.328 e. The van der Waals surface area contributed by atoms with Crippen LogP contribution >= 0.6 is 11.3 Å². The number of tetrazole rings is 1. The smallest absolute Gasteiger partial charge is 0.328 e. The van der Waals surface area contributed by atoms with Crippen LogP contribution in [-0.2, 0) is 21.1 Å². The topological polar surface area (TPSA) is 223 Å². The van der Waals surface area contributed by atoms with Crippen LogP contribution < -0.4 is 11.2 Å². The van der Waals surface area contributed by atoms with Gasteiger partial charge in [-0.25, -0.2) is 19.8 Å². The highest BCUT2D eigenvalue weighted by Gasteiger charge is 2.00. The minimum absolute atomic E-state index is 0.293. The van der Waals surface area contributed by atoms with E-state index < -0.39 is 0 Å². The van der Waals surface area contributed by atoms with Crippen LogP contribution in [0.5, 0.6) is 0 Å². The molecule has 6 aromatic heterocycles. The van der Waals surface area contributed by atoms with Crippen molar-refractivity contribution in [2.24, 2.45) is 41.3 Å². The van der Waals surface area contributed by atoms with Gasteiger partial charge in [0.15, 0.2) is 5.82 Å². The summed E-state index contributed by atoms with van der Waals surface area (Å²) in [4.78, 5) is 43.4. The van der Waals surface area contributed by atoms with Crippen LogP contribution in [-0.4, -0.2) is 89.0 Å². The lowest BCUT2D eigenvalue weighted by atomic mass is 10.2. The molecule has 3 N–H and O–H groups in total. The van der Waals surface area contributed by atoms with Crippen LogP contribution in [0.4, 0.5) is 0 Å². The number of hydrogen-bond donors (Lipinski definition) is 3. The number of nitrogens with zero attached hydrogens (tertiary/aromatic N) is 13. The van der Waals surface area contributed by atoms with Gasteiger partial charge in [0.2, 0.25) is 0 Å². The fourth-order valence-corrected chi connectivity index (χ4v) is 3.78. The van der Waals surface area contributed by atoms with E-state index in [9.17, 15) is 9.59 Å². The monoisotopic (exact) mass is 746 g/mol. The molecular weight excluding hydrogens is 697 g/mol. The van der Waals surface area contributed by atoms with E-state index in [2.05, 4.69) is 90.3 Å². The number of imidazole rings is 2. The van der Waals surface area contributed by atoms with E-state index in [0.29, 0.717) is 5.82 Å². The number of aryl methyl sites for hydroxylation is 5. The molecule has 0 fully saturated rings. The predicted molar refractivity (Wildman–Crippen MR) is 212 cm³/mol. The Labute approximate surface area is 312 Å². The van der Waals surface area contributed by atoms with E-state index in [-0.39, 0.29) is 11.2 Å². The molecule has 0 amide bonds. The number of H-pyrrole nitrogens is 3. The minimum Gasteiger partial charge on any atom is -0.349 e. The fraction of sp³-hybridized carbons (Fsp3) is 0.353. The molecule has 53 heavy (non-hydrogen) atoms. The van der Waals surface area contributed by atoms with Gasteiger partial charge < -0.3 is 14.5 Å². The SMILES string of the molecule is CC1=NC(C)=NC1.CC1=NN=C(C)C1.Cc1cccs1.Cc1cnc[nH]1.Cc1nn[nH]n1.Cn1c(=O)cc[nH]c1=O.Cn1cccn1.Cn1ccnc1. The number of hydrogen-bond acceptors (Lipinski definition) is 13. The molecule has 0 atom stereocenters. The summed E-state index contributed by atoms with van der Waals surface area (Å²) >= 11 is 1.78. The van der Waals surface area contributed by atoms with Crippen molar-refractivity contribution < 1.29 is 0 Å². The zero-order chi connectivity index (χ0) is 39.4. The summed E-state index contributed by atoms with van der Waals surface area (Å²) in [6, 6.07) is 7.34. The van der Waals surface area contributed by atoms with Crippen LogP contribution in [0, 0.1) is 20.8 Å². The Kier molecular flexibility index (Phi) is 22.4. The third-order valence-corrected chi connectivity index (χ3v) is 6.68. The summed E-state index contributed by atoms with van der Waals surface area (Å²) in [7, 11) is 5.24. The highest BCUT2D eigenvalue weighted by molar-refractivity contribution is 7.09. The van der Waals surface area contributed by atoms with Gasteiger partial charge in [0.1, 0.15) is 5.84 Å². The van der Waals surface area contributed by atoms with Gasteiger partial charge in [0.05, 0.1) is 19.2 Å². The highest BCUT2D eigenvalue weighted by Crippen LogP contribution is 2.03. The van der Waals surface area contributed by atoms with E-state index in [0.717, 1.165) is 46.2 Å². The van der Waals surface area contributed by atoms with Crippen molar-refractivity contribution in [3.63, 3.8) is 0 Å². The molecule has 0 spiro atoms. The predicted octanol–water partition coefficient (Wildman–Crippen LogP) is 4.30. The number of aromatic amines is 3.